The highest BCUT2D eigenvalue weighted by molar-refractivity contribution is 7.80. The molecule has 0 aromatic rings. The van der Waals surface area contributed by atoms with E-state index >= 15 is 0 Å². The van der Waals surface area contributed by atoms with Gasteiger partial charge < -0.3 is 4.90 Å². The average Bonchev–Trinajstić information content (AvgIpc) is 2.40. The van der Waals surface area contributed by atoms with Gasteiger partial charge >= 0.3 is 0 Å². The van der Waals surface area contributed by atoms with Gasteiger partial charge in [0.2, 0.25) is 0 Å². The van der Waals surface area contributed by atoms with Crippen LogP contribution in [-0.2, 0) is 0 Å². The third-order valence-electron chi connectivity index (χ3n) is 5.58. The lowest BCUT2D eigenvalue weighted by molar-refractivity contribution is -0.0381. The molecule has 0 aromatic carbocycles. The van der Waals surface area contributed by atoms with Crippen LogP contribution in [-0.4, -0.2) is 46.5 Å². The second-order valence-electron chi connectivity index (χ2n) is 6.51. The van der Waals surface area contributed by atoms with Crippen LogP contribution in [0.2, 0.25) is 0 Å². The Balaban J connectivity index is 1.62. The second-order valence-corrected chi connectivity index (χ2v) is 6.93. The minimum Gasteiger partial charge on any atom is -0.359 e. The van der Waals surface area contributed by atoms with Crippen LogP contribution in [0.15, 0.2) is 12.2 Å². The first-order valence-electron chi connectivity index (χ1n) is 7.54. The molecule has 2 bridgehead atoms. The van der Waals surface area contributed by atoms with Gasteiger partial charge in [0.15, 0.2) is 0 Å². The number of fused-ring (bicyclic) bond motifs is 6. The fourth-order valence-corrected chi connectivity index (χ4v) is 5.10. The SMILES string of the molecule is S=C1C=CC[C@@H]2[C@H]3C[C@@H](CN12)[C@@H]1CCCCN1C3. The highest BCUT2D eigenvalue weighted by Crippen LogP contribution is 2.42. The summed E-state index contributed by atoms with van der Waals surface area (Å²) in [6.07, 6.45) is 11.4. The van der Waals surface area contributed by atoms with Gasteiger partial charge in [0, 0.05) is 25.2 Å². The Morgan fingerprint density at radius 2 is 2.00 bits per heavy atom. The maximum atomic E-state index is 5.55. The van der Waals surface area contributed by atoms with E-state index in [1.54, 1.807) is 0 Å². The number of hydrogen-bond acceptors (Lipinski definition) is 2. The summed E-state index contributed by atoms with van der Waals surface area (Å²) in [6, 6.07) is 1.58. The molecule has 0 aliphatic carbocycles. The molecule has 3 fully saturated rings. The number of rotatable bonds is 0. The van der Waals surface area contributed by atoms with E-state index in [4.69, 9.17) is 12.2 Å². The van der Waals surface area contributed by atoms with E-state index in [2.05, 4.69) is 22.0 Å². The van der Waals surface area contributed by atoms with E-state index in [9.17, 15) is 0 Å². The largest absolute Gasteiger partial charge is 0.359 e. The first-order valence-corrected chi connectivity index (χ1v) is 7.95. The van der Waals surface area contributed by atoms with Crippen LogP contribution in [0.3, 0.4) is 0 Å². The van der Waals surface area contributed by atoms with Crippen molar-refractivity contribution in [3.63, 3.8) is 0 Å². The topological polar surface area (TPSA) is 6.48 Å². The average molecular weight is 262 g/mol. The van der Waals surface area contributed by atoms with Crippen LogP contribution in [0.25, 0.3) is 0 Å². The number of nitrogens with zero attached hydrogens (tertiary/aromatic N) is 2. The fraction of sp³-hybridized carbons (Fsp3) is 0.800. The van der Waals surface area contributed by atoms with Crippen molar-refractivity contribution in [2.24, 2.45) is 11.8 Å². The Labute approximate surface area is 115 Å². The molecule has 2 nitrogen and oxygen atoms in total. The van der Waals surface area contributed by atoms with Gasteiger partial charge in [0.25, 0.3) is 0 Å². The van der Waals surface area contributed by atoms with Crippen LogP contribution in [0.4, 0.5) is 0 Å². The predicted molar refractivity (Wildman–Crippen MR) is 77.7 cm³/mol. The van der Waals surface area contributed by atoms with Crippen molar-refractivity contribution in [2.45, 2.75) is 44.2 Å². The van der Waals surface area contributed by atoms with Crippen molar-refractivity contribution in [1.29, 1.82) is 0 Å². The molecule has 0 saturated carbocycles. The van der Waals surface area contributed by atoms with Crippen molar-refractivity contribution in [1.82, 2.24) is 9.80 Å². The molecule has 18 heavy (non-hydrogen) atoms. The summed E-state index contributed by atoms with van der Waals surface area (Å²) < 4.78 is 0. The molecule has 0 spiro atoms. The molecule has 0 amide bonds. The van der Waals surface area contributed by atoms with Gasteiger partial charge in [-0.15, -0.1) is 0 Å². The quantitative estimate of drug-likeness (QED) is 0.619. The first-order chi connectivity index (χ1) is 8.83. The van der Waals surface area contributed by atoms with E-state index in [1.807, 2.05) is 0 Å². The molecule has 0 radical (unpaired) electrons. The summed E-state index contributed by atoms with van der Waals surface area (Å²) in [5, 5.41) is 0. The molecule has 3 heteroatoms. The molecular weight excluding hydrogens is 240 g/mol. The Hall–Kier alpha value is -0.410. The van der Waals surface area contributed by atoms with Crippen LogP contribution >= 0.6 is 12.2 Å². The standard InChI is InChI=1S/C15H22N2S/c18-15-6-3-5-14-11-8-12(10-17(14)15)13-4-1-2-7-16(13)9-11/h3,6,11-14H,1-2,4-5,7-10H2/t11-,12-,13-,14+/m0/s1. The normalized spacial score (nSPS) is 43.6. The maximum Gasteiger partial charge on any atom is 0.101 e. The van der Waals surface area contributed by atoms with E-state index in [0.29, 0.717) is 6.04 Å². The highest BCUT2D eigenvalue weighted by Gasteiger charge is 2.46. The molecule has 4 aliphatic rings. The van der Waals surface area contributed by atoms with Crippen molar-refractivity contribution < 1.29 is 0 Å². The molecule has 98 valence electrons. The Kier molecular flexibility index (Phi) is 2.73. The second kappa shape index (κ2) is 4.31. The van der Waals surface area contributed by atoms with Crippen LogP contribution in [0, 0.1) is 11.8 Å². The highest BCUT2D eigenvalue weighted by atomic mass is 32.1. The number of hydrogen-bond donors (Lipinski definition) is 0. The lowest BCUT2D eigenvalue weighted by Crippen LogP contribution is -2.63. The summed E-state index contributed by atoms with van der Waals surface area (Å²) in [5.41, 5.74) is 0. The lowest BCUT2D eigenvalue weighted by atomic mass is 9.71. The van der Waals surface area contributed by atoms with Gasteiger partial charge in [-0.1, -0.05) is 24.7 Å². The molecular formula is C15H22N2S. The third-order valence-corrected chi connectivity index (χ3v) is 5.95. The van der Waals surface area contributed by atoms with Gasteiger partial charge in [-0.3, -0.25) is 4.90 Å². The zero-order chi connectivity index (χ0) is 12.1. The zero-order valence-electron chi connectivity index (χ0n) is 10.9. The van der Waals surface area contributed by atoms with Gasteiger partial charge in [0.1, 0.15) is 4.99 Å². The summed E-state index contributed by atoms with van der Waals surface area (Å²) in [7, 11) is 0. The minimum absolute atomic E-state index is 0.710. The maximum absolute atomic E-state index is 5.55. The van der Waals surface area contributed by atoms with Crippen LogP contribution in [0.5, 0.6) is 0 Å². The van der Waals surface area contributed by atoms with Gasteiger partial charge in [-0.25, -0.2) is 0 Å². The molecule has 3 saturated heterocycles. The van der Waals surface area contributed by atoms with Crippen LogP contribution in [0.1, 0.15) is 32.1 Å². The van der Waals surface area contributed by atoms with E-state index in [0.717, 1.165) is 22.9 Å². The first kappa shape index (κ1) is 11.4. The van der Waals surface area contributed by atoms with Crippen molar-refractivity contribution in [3.8, 4) is 0 Å². The molecule has 4 heterocycles. The van der Waals surface area contributed by atoms with Crippen LogP contribution < -0.4 is 0 Å². The molecule has 0 aromatic heterocycles. The monoisotopic (exact) mass is 262 g/mol. The summed E-state index contributed by atoms with van der Waals surface area (Å²) in [6.45, 7) is 3.91. The summed E-state index contributed by atoms with van der Waals surface area (Å²) in [4.78, 5) is 6.46. The summed E-state index contributed by atoms with van der Waals surface area (Å²) in [5.74, 6) is 1.74. The zero-order valence-corrected chi connectivity index (χ0v) is 11.7. The number of thiocarbonyl (C=S) groups is 1. The molecule has 4 atom stereocenters. The molecule has 0 unspecified atom stereocenters. The molecule has 4 aliphatic heterocycles. The van der Waals surface area contributed by atoms with E-state index < -0.39 is 0 Å². The Bertz CT molecular complexity index is 392. The third kappa shape index (κ3) is 1.67. The summed E-state index contributed by atoms with van der Waals surface area (Å²) >= 11 is 5.55. The Morgan fingerprint density at radius 1 is 1.11 bits per heavy atom. The van der Waals surface area contributed by atoms with E-state index in [-0.39, 0.29) is 0 Å². The van der Waals surface area contributed by atoms with Gasteiger partial charge in [0.05, 0.1) is 0 Å². The molecule has 4 rings (SSSR count). The lowest BCUT2D eigenvalue weighted by Gasteiger charge is -2.56. The molecule has 0 N–H and O–H groups in total. The predicted octanol–water partition coefficient (Wildman–Crippen LogP) is 2.45. The Morgan fingerprint density at radius 3 is 2.94 bits per heavy atom. The minimum atomic E-state index is 0.710. The van der Waals surface area contributed by atoms with Crippen molar-refractivity contribution in [2.75, 3.05) is 19.6 Å². The van der Waals surface area contributed by atoms with Crippen molar-refractivity contribution in [3.05, 3.63) is 12.2 Å². The van der Waals surface area contributed by atoms with Gasteiger partial charge in [-0.05, 0) is 50.1 Å². The number of piperidine rings is 3. The van der Waals surface area contributed by atoms with Crippen molar-refractivity contribution >= 4 is 17.2 Å². The van der Waals surface area contributed by atoms with E-state index in [1.165, 1.54) is 51.7 Å². The fourth-order valence-electron chi connectivity index (χ4n) is 4.79. The van der Waals surface area contributed by atoms with Gasteiger partial charge in [-0.2, -0.15) is 0 Å². The smallest absolute Gasteiger partial charge is 0.101 e.